The number of carbonyl (C=O) groups excluding carboxylic acids is 1. The number of hydrogen-bond donors (Lipinski definition) is 2. The molecular weight excluding hydrogens is 222 g/mol. The van der Waals surface area contributed by atoms with Gasteiger partial charge in [-0.05, 0) is 12.0 Å². The predicted molar refractivity (Wildman–Crippen MR) is 67.7 cm³/mol. The Bertz CT molecular complexity index is 316. The summed E-state index contributed by atoms with van der Waals surface area (Å²) in [6.07, 6.45) is 0.526. The lowest BCUT2D eigenvalue weighted by Gasteiger charge is -2.10. The maximum Gasteiger partial charge on any atom is 0.407 e. The maximum absolute atomic E-state index is 11.3. The molecule has 0 radical (unpaired) electrons. The van der Waals surface area contributed by atoms with E-state index >= 15 is 0 Å². The Balaban J connectivity index is 2.20. The zero-order valence-corrected chi connectivity index (χ0v) is 10.2. The van der Waals surface area contributed by atoms with Gasteiger partial charge in [0.25, 0.3) is 0 Å². The number of amides is 1. The molecule has 3 nitrogen and oxygen atoms in total. The van der Waals surface area contributed by atoms with Crippen LogP contribution in [-0.4, -0.2) is 17.9 Å². The molecule has 88 valence electrons. The number of ether oxygens (including phenoxy) is 1. The SMILES string of the molecule is CCC(S)CNC(=O)OCc1ccccc1. The lowest BCUT2D eigenvalue weighted by molar-refractivity contribution is 0.139. The van der Waals surface area contributed by atoms with E-state index in [0.29, 0.717) is 13.2 Å². The van der Waals surface area contributed by atoms with Crippen molar-refractivity contribution in [2.24, 2.45) is 0 Å². The normalized spacial score (nSPS) is 11.9. The van der Waals surface area contributed by atoms with E-state index in [9.17, 15) is 4.79 Å². The fourth-order valence-corrected chi connectivity index (χ4v) is 1.21. The third-order valence-electron chi connectivity index (χ3n) is 2.17. The van der Waals surface area contributed by atoms with E-state index in [1.54, 1.807) is 0 Å². The first kappa shape index (κ1) is 12.9. The van der Waals surface area contributed by atoms with Crippen molar-refractivity contribution in [2.45, 2.75) is 25.2 Å². The number of hydrogen-bond acceptors (Lipinski definition) is 3. The van der Waals surface area contributed by atoms with Crippen LogP contribution in [0.2, 0.25) is 0 Å². The van der Waals surface area contributed by atoms with E-state index < -0.39 is 6.09 Å². The molecule has 0 fully saturated rings. The van der Waals surface area contributed by atoms with Crippen LogP contribution < -0.4 is 5.32 Å². The Morgan fingerprint density at radius 2 is 2.12 bits per heavy atom. The smallest absolute Gasteiger partial charge is 0.407 e. The fourth-order valence-electron chi connectivity index (χ4n) is 1.12. The second-order valence-corrected chi connectivity index (χ2v) is 4.24. The van der Waals surface area contributed by atoms with Gasteiger partial charge >= 0.3 is 6.09 Å². The molecule has 16 heavy (non-hydrogen) atoms. The minimum Gasteiger partial charge on any atom is -0.445 e. The third kappa shape index (κ3) is 5.07. The molecular formula is C12H17NO2S. The van der Waals surface area contributed by atoms with Crippen LogP contribution in [0.15, 0.2) is 30.3 Å². The maximum atomic E-state index is 11.3. The molecule has 0 saturated heterocycles. The number of nitrogens with one attached hydrogen (secondary N) is 1. The van der Waals surface area contributed by atoms with E-state index in [0.717, 1.165) is 12.0 Å². The minimum atomic E-state index is -0.392. The molecule has 0 aliphatic heterocycles. The Hall–Kier alpha value is -1.16. The van der Waals surface area contributed by atoms with E-state index in [-0.39, 0.29) is 5.25 Å². The molecule has 1 rings (SSSR count). The summed E-state index contributed by atoms with van der Waals surface area (Å²) < 4.78 is 5.04. The predicted octanol–water partition coefficient (Wildman–Crippen LogP) is 2.62. The summed E-state index contributed by atoms with van der Waals surface area (Å²) in [5.41, 5.74) is 0.982. The molecule has 0 saturated carbocycles. The molecule has 0 spiro atoms. The topological polar surface area (TPSA) is 38.3 Å². The van der Waals surface area contributed by atoms with Gasteiger partial charge in [-0.2, -0.15) is 12.6 Å². The number of benzene rings is 1. The van der Waals surface area contributed by atoms with Gasteiger partial charge < -0.3 is 10.1 Å². The zero-order valence-electron chi connectivity index (χ0n) is 9.35. The first-order valence-electron chi connectivity index (χ1n) is 5.35. The molecule has 1 N–H and O–H groups in total. The van der Waals surface area contributed by atoms with Crippen LogP contribution in [0.25, 0.3) is 0 Å². The summed E-state index contributed by atoms with van der Waals surface area (Å²) in [7, 11) is 0. The molecule has 1 atom stereocenters. The standard InChI is InChI=1S/C12H17NO2S/c1-2-11(16)8-13-12(14)15-9-10-6-4-3-5-7-10/h3-7,11,16H,2,8-9H2,1H3,(H,13,14). The van der Waals surface area contributed by atoms with Crippen LogP contribution in [0.4, 0.5) is 4.79 Å². The van der Waals surface area contributed by atoms with E-state index in [1.807, 2.05) is 37.3 Å². The minimum absolute atomic E-state index is 0.185. The third-order valence-corrected chi connectivity index (χ3v) is 2.71. The number of carbonyl (C=O) groups is 1. The number of alkyl carbamates (subject to hydrolysis) is 1. The van der Waals surface area contributed by atoms with E-state index in [4.69, 9.17) is 4.74 Å². The Morgan fingerprint density at radius 3 is 2.75 bits per heavy atom. The van der Waals surface area contributed by atoms with Gasteiger partial charge in [0.15, 0.2) is 0 Å². The van der Waals surface area contributed by atoms with Gasteiger partial charge in [0.2, 0.25) is 0 Å². The largest absolute Gasteiger partial charge is 0.445 e. The highest BCUT2D eigenvalue weighted by Crippen LogP contribution is 2.01. The molecule has 0 aliphatic carbocycles. The Kier molecular flexibility index (Phi) is 5.78. The molecule has 0 heterocycles. The van der Waals surface area contributed by atoms with Crippen LogP contribution in [0.5, 0.6) is 0 Å². The lowest BCUT2D eigenvalue weighted by atomic mass is 10.2. The summed E-state index contributed by atoms with van der Waals surface area (Å²) in [6, 6.07) is 9.59. The molecule has 1 aromatic rings. The average molecular weight is 239 g/mol. The van der Waals surface area contributed by atoms with Gasteiger partial charge in [-0.25, -0.2) is 4.79 Å². The first-order valence-corrected chi connectivity index (χ1v) is 5.86. The highest BCUT2D eigenvalue weighted by molar-refractivity contribution is 7.81. The summed E-state index contributed by atoms with van der Waals surface area (Å²) in [5.74, 6) is 0. The van der Waals surface area contributed by atoms with Crippen LogP contribution >= 0.6 is 12.6 Å². The highest BCUT2D eigenvalue weighted by Gasteiger charge is 2.04. The van der Waals surface area contributed by atoms with Crippen molar-refractivity contribution < 1.29 is 9.53 Å². The zero-order chi connectivity index (χ0) is 11.8. The van der Waals surface area contributed by atoms with Gasteiger partial charge in [0, 0.05) is 11.8 Å². The molecule has 0 aromatic heterocycles. The summed E-state index contributed by atoms with van der Waals surface area (Å²) >= 11 is 4.27. The quantitative estimate of drug-likeness (QED) is 0.775. The van der Waals surface area contributed by atoms with Gasteiger partial charge in [-0.15, -0.1) is 0 Å². The lowest BCUT2D eigenvalue weighted by Crippen LogP contribution is -2.29. The Morgan fingerprint density at radius 1 is 1.44 bits per heavy atom. The van der Waals surface area contributed by atoms with Crippen LogP contribution in [0, 0.1) is 0 Å². The summed E-state index contributed by atoms with van der Waals surface area (Å²) in [5, 5.41) is 2.85. The van der Waals surface area contributed by atoms with Crippen molar-refractivity contribution in [3.8, 4) is 0 Å². The fraction of sp³-hybridized carbons (Fsp3) is 0.417. The second-order valence-electron chi connectivity index (χ2n) is 3.50. The van der Waals surface area contributed by atoms with Crippen LogP contribution in [0.3, 0.4) is 0 Å². The van der Waals surface area contributed by atoms with Gasteiger partial charge in [0.05, 0.1) is 0 Å². The van der Waals surface area contributed by atoms with Crippen LogP contribution in [0.1, 0.15) is 18.9 Å². The monoisotopic (exact) mass is 239 g/mol. The van der Waals surface area contributed by atoms with Crippen molar-refractivity contribution in [3.05, 3.63) is 35.9 Å². The van der Waals surface area contributed by atoms with Gasteiger partial charge in [0.1, 0.15) is 6.61 Å². The average Bonchev–Trinajstić information content (AvgIpc) is 2.34. The van der Waals surface area contributed by atoms with Crippen molar-refractivity contribution in [2.75, 3.05) is 6.54 Å². The van der Waals surface area contributed by atoms with Crippen molar-refractivity contribution in [1.82, 2.24) is 5.32 Å². The molecule has 1 aromatic carbocycles. The van der Waals surface area contributed by atoms with E-state index in [1.165, 1.54) is 0 Å². The molecule has 0 bridgehead atoms. The van der Waals surface area contributed by atoms with Gasteiger partial charge in [-0.3, -0.25) is 0 Å². The molecule has 1 unspecified atom stereocenters. The highest BCUT2D eigenvalue weighted by atomic mass is 32.1. The number of rotatable bonds is 5. The number of thiol groups is 1. The van der Waals surface area contributed by atoms with Crippen molar-refractivity contribution >= 4 is 18.7 Å². The molecule has 0 aliphatic rings. The molecule has 1 amide bonds. The van der Waals surface area contributed by atoms with Crippen molar-refractivity contribution in [1.29, 1.82) is 0 Å². The molecule has 4 heteroatoms. The second kappa shape index (κ2) is 7.17. The van der Waals surface area contributed by atoms with Crippen LogP contribution in [-0.2, 0) is 11.3 Å². The van der Waals surface area contributed by atoms with Crippen molar-refractivity contribution in [3.63, 3.8) is 0 Å². The Labute approximate surface area is 102 Å². The summed E-state index contributed by atoms with van der Waals surface area (Å²) in [4.78, 5) is 11.3. The van der Waals surface area contributed by atoms with Gasteiger partial charge in [-0.1, -0.05) is 37.3 Å². The van der Waals surface area contributed by atoms with E-state index in [2.05, 4.69) is 17.9 Å². The first-order chi connectivity index (χ1) is 7.72. The summed E-state index contributed by atoms with van der Waals surface area (Å²) in [6.45, 7) is 2.86.